The summed E-state index contributed by atoms with van der Waals surface area (Å²) in [7, 11) is 0. The van der Waals surface area contributed by atoms with Gasteiger partial charge in [-0.15, -0.1) is 0 Å². The Balaban J connectivity index is 1.43. The van der Waals surface area contributed by atoms with Crippen LogP contribution in [-0.2, 0) is 0 Å². The van der Waals surface area contributed by atoms with Crippen LogP contribution in [0.15, 0.2) is 0 Å². The van der Waals surface area contributed by atoms with E-state index in [2.05, 4.69) is 5.32 Å². The van der Waals surface area contributed by atoms with E-state index in [1.54, 1.807) is 0 Å². The van der Waals surface area contributed by atoms with E-state index in [9.17, 15) is 5.11 Å². The van der Waals surface area contributed by atoms with Crippen LogP contribution < -0.4 is 11.1 Å². The minimum atomic E-state index is -0.0351. The fourth-order valence-electron chi connectivity index (χ4n) is 6.23. The van der Waals surface area contributed by atoms with Gasteiger partial charge in [-0.2, -0.15) is 0 Å². The monoisotopic (exact) mass is 278 g/mol. The predicted octanol–water partition coefficient (Wildman–Crippen LogP) is 2.03. The third-order valence-corrected chi connectivity index (χ3v) is 6.96. The molecule has 114 valence electrons. The highest BCUT2D eigenvalue weighted by Crippen LogP contribution is 2.59. The van der Waals surface area contributed by atoms with Crippen molar-refractivity contribution in [3.8, 4) is 0 Å². The van der Waals surface area contributed by atoms with Crippen molar-refractivity contribution in [2.45, 2.75) is 76.0 Å². The molecular formula is C17H30N2O. The molecule has 1 unspecified atom stereocenters. The van der Waals surface area contributed by atoms with Crippen molar-refractivity contribution in [2.75, 3.05) is 6.54 Å². The number of hydrogen-bond acceptors (Lipinski definition) is 3. The van der Waals surface area contributed by atoms with Gasteiger partial charge >= 0.3 is 0 Å². The van der Waals surface area contributed by atoms with Crippen LogP contribution in [-0.4, -0.2) is 29.8 Å². The average molecular weight is 278 g/mol. The summed E-state index contributed by atoms with van der Waals surface area (Å²) in [6.45, 7) is 0.916. The Bertz CT molecular complexity index is 348. The first-order valence-corrected chi connectivity index (χ1v) is 8.82. The largest absolute Gasteiger partial charge is 0.393 e. The highest BCUT2D eigenvalue weighted by Gasteiger charge is 2.54. The molecule has 20 heavy (non-hydrogen) atoms. The first-order chi connectivity index (χ1) is 9.67. The van der Waals surface area contributed by atoms with Gasteiger partial charge in [-0.25, -0.2) is 0 Å². The summed E-state index contributed by atoms with van der Waals surface area (Å²) < 4.78 is 0. The molecule has 5 fully saturated rings. The van der Waals surface area contributed by atoms with Gasteiger partial charge in [-0.05, 0) is 87.5 Å². The van der Waals surface area contributed by atoms with Crippen LogP contribution in [0.25, 0.3) is 0 Å². The van der Waals surface area contributed by atoms with Crippen molar-refractivity contribution in [3.05, 3.63) is 0 Å². The molecule has 0 saturated heterocycles. The van der Waals surface area contributed by atoms with E-state index in [1.165, 1.54) is 44.9 Å². The van der Waals surface area contributed by atoms with E-state index in [4.69, 9.17) is 5.73 Å². The quantitative estimate of drug-likeness (QED) is 0.740. The van der Waals surface area contributed by atoms with Crippen molar-refractivity contribution in [3.63, 3.8) is 0 Å². The highest BCUT2D eigenvalue weighted by atomic mass is 16.3. The minimum absolute atomic E-state index is 0.0351. The SMILES string of the molecule is NC[C@]12CC3C[C@H](C1)[C@H](N[C@H]1CC[C@H](O)CC1)[C@@H](C3)C2. The van der Waals surface area contributed by atoms with Gasteiger partial charge in [0.25, 0.3) is 0 Å². The molecule has 0 spiro atoms. The smallest absolute Gasteiger partial charge is 0.0541 e. The molecule has 4 N–H and O–H groups in total. The van der Waals surface area contributed by atoms with Gasteiger partial charge in [-0.1, -0.05) is 0 Å². The van der Waals surface area contributed by atoms with E-state index >= 15 is 0 Å². The summed E-state index contributed by atoms with van der Waals surface area (Å²) in [5, 5.41) is 13.7. The molecule has 4 bridgehead atoms. The van der Waals surface area contributed by atoms with Gasteiger partial charge in [0.2, 0.25) is 0 Å². The van der Waals surface area contributed by atoms with Crippen LogP contribution in [0.5, 0.6) is 0 Å². The summed E-state index contributed by atoms with van der Waals surface area (Å²) in [5.74, 6) is 2.75. The zero-order chi connectivity index (χ0) is 13.7. The standard InChI is InChI=1S/C17H30N2O/c18-10-17-7-11-5-12(8-17)16(13(6-11)9-17)19-14-1-3-15(20)4-2-14/h11-16,19-20H,1-10,18H2/t11?,12-,13+,14-,15-,16+,17-. The van der Waals surface area contributed by atoms with Crippen LogP contribution >= 0.6 is 0 Å². The molecule has 0 amide bonds. The van der Waals surface area contributed by atoms with Crippen LogP contribution in [0.3, 0.4) is 0 Å². The maximum atomic E-state index is 9.66. The third-order valence-electron chi connectivity index (χ3n) is 6.96. The molecule has 0 aromatic heterocycles. The number of rotatable bonds is 3. The van der Waals surface area contributed by atoms with Gasteiger partial charge in [0.15, 0.2) is 0 Å². The topological polar surface area (TPSA) is 58.3 Å². The van der Waals surface area contributed by atoms with Crippen molar-refractivity contribution in [1.82, 2.24) is 5.32 Å². The van der Waals surface area contributed by atoms with Gasteiger partial charge in [-0.3, -0.25) is 0 Å². The molecule has 5 saturated carbocycles. The van der Waals surface area contributed by atoms with E-state index in [-0.39, 0.29) is 6.10 Å². The average Bonchev–Trinajstić information content (AvgIpc) is 2.44. The van der Waals surface area contributed by atoms with Crippen molar-refractivity contribution in [1.29, 1.82) is 0 Å². The highest BCUT2D eigenvalue weighted by molar-refractivity contribution is 5.08. The van der Waals surface area contributed by atoms with Crippen LogP contribution in [0, 0.1) is 23.2 Å². The van der Waals surface area contributed by atoms with Crippen molar-refractivity contribution in [2.24, 2.45) is 28.9 Å². The Hall–Kier alpha value is -0.120. The lowest BCUT2D eigenvalue weighted by molar-refractivity contribution is -0.0756. The second-order valence-corrected chi connectivity index (χ2v) is 8.37. The maximum Gasteiger partial charge on any atom is 0.0541 e. The number of nitrogens with one attached hydrogen (secondary N) is 1. The summed E-state index contributed by atoms with van der Waals surface area (Å²) in [4.78, 5) is 0. The Morgan fingerprint density at radius 3 is 2.25 bits per heavy atom. The summed E-state index contributed by atoms with van der Waals surface area (Å²) in [6, 6.07) is 1.42. The molecule has 0 radical (unpaired) electrons. The number of hydrogen-bond donors (Lipinski definition) is 3. The third kappa shape index (κ3) is 2.22. The number of aliphatic hydroxyl groups excluding tert-OH is 1. The van der Waals surface area contributed by atoms with Crippen LogP contribution in [0.4, 0.5) is 0 Å². The van der Waals surface area contributed by atoms with E-state index < -0.39 is 0 Å². The van der Waals surface area contributed by atoms with E-state index in [0.717, 1.165) is 43.2 Å². The normalized spacial score (nSPS) is 54.3. The molecule has 5 aliphatic rings. The molecule has 3 heteroatoms. The molecule has 0 aromatic rings. The first kappa shape index (κ1) is 13.5. The molecule has 5 aliphatic carbocycles. The molecule has 3 nitrogen and oxygen atoms in total. The Morgan fingerprint density at radius 1 is 1.00 bits per heavy atom. The molecule has 0 aromatic carbocycles. The van der Waals surface area contributed by atoms with E-state index in [1.807, 2.05) is 0 Å². The lowest BCUT2D eigenvalue weighted by Gasteiger charge is -2.60. The summed E-state index contributed by atoms with van der Waals surface area (Å²) >= 11 is 0. The second kappa shape index (κ2) is 4.96. The summed E-state index contributed by atoms with van der Waals surface area (Å²) in [6.07, 6.45) is 11.4. The first-order valence-electron chi connectivity index (χ1n) is 8.82. The van der Waals surface area contributed by atoms with Gasteiger partial charge in [0.05, 0.1) is 6.10 Å². The van der Waals surface area contributed by atoms with E-state index in [0.29, 0.717) is 11.5 Å². The zero-order valence-electron chi connectivity index (χ0n) is 12.6. The predicted molar refractivity (Wildman–Crippen MR) is 80.2 cm³/mol. The summed E-state index contributed by atoms with van der Waals surface area (Å²) in [5.41, 5.74) is 6.64. The number of aliphatic hydroxyl groups is 1. The lowest BCUT2D eigenvalue weighted by atomic mass is 9.48. The number of nitrogens with two attached hydrogens (primary N) is 1. The lowest BCUT2D eigenvalue weighted by Crippen LogP contribution is -2.61. The Kier molecular flexibility index (Phi) is 3.36. The van der Waals surface area contributed by atoms with Gasteiger partial charge in [0.1, 0.15) is 0 Å². The Morgan fingerprint density at radius 2 is 1.65 bits per heavy atom. The van der Waals surface area contributed by atoms with Crippen molar-refractivity contribution >= 4 is 0 Å². The fraction of sp³-hybridized carbons (Fsp3) is 1.00. The van der Waals surface area contributed by atoms with Crippen LogP contribution in [0.2, 0.25) is 0 Å². The molecule has 0 heterocycles. The van der Waals surface area contributed by atoms with Crippen LogP contribution in [0.1, 0.15) is 57.8 Å². The second-order valence-electron chi connectivity index (χ2n) is 8.37. The maximum absolute atomic E-state index is 9.66. The molecule has 5 atom stereocenters. The minimum Gasteiger partial charge on any atom is -0.393 e. The van der Waals surface area contributed by atoms with Gasteiger partial charge in [0, 0.05) is 12.1 Å². The fourth-order valence-corrected chi connectivity index (χ4v) is 6.23. The zero-order valence-corrected chi connectivity index (χ0v) is 12.6. The molecule has 5 rings (SSSR count). The van der Waals surface area contributed by atoms with Crippen molar-refractivity contribution < 1.29 is 5.11 Å². The van der Waals surface area contributed by atoms with Gasteiger partial charge < -0.3 is 16.2 Å². The molecule has 0 aliphatic heterocycles. The Labute approximate surface area is 122 Å². The molecular weight excluding hydrogens is 248 g/mol.